The smallest absolute Gasteiger partial charge is 0.142 e. The van der Waals surface area contributed by atoms with Crippen LogP contribution in [-0.4, -0.2) is 62.5 Å². The summed E-state index contributed by atoms with van der Waals surface area (Å²) in [6.07, 6.45) is 7.25. The molecule has 1 saturated heterocycles. The van der Waals surface area contributed by atoms with Crippen LogP contribution in [0.4, 0.5) is 11.5 Å². The molecule has 0 amide bonds. The lowest BCUT2D eigenvalue weighted by atomic mass is 9.95. The van der Waals surface area contributed by atoms with E-state index in [1.807, 2.05) is 42.6 Å². The van der Waals surface area contributed by atoms with Crippen molar-refractivity contribution in [1.29, 1.82) is 0 Å². The molecular weight excluding hydrogens is 546 g/mol. The number of aromatic nitrogens is 5. The number of halogens is 1. The normalized spacial score (nSPS) is 15.1. The largest absolute Gasteiger partial charge is 0.486 e. The van der Waals surface area contributed by atoms with Gasteiger partial charge in [-0.05, 0) is 48.7 Å². The number of rotatable bonds is 8. The number of anilines is 2. The number of nitrogens with one attached hydrogen (secondary N) is 1. The van der Waals surface area contributed by atoms with Crippen LogP contribution in [0.2, 0.25) is 5.02 Å². The lowest BCUT2D eigenvalue weighted by Gasteiger charge is -2.26. The SMILES string of the molecule is Clc1cc(Nc2ncnc3sc4c(c23)CCc2c-4cnn2CCN2CCOCC2)ccc1OCc1ccccn1. The summed E-state index contributed by atoms with van der Waals surface area (Å²) < 4.78 is 13.6. The Morgan fingerprint density at radius 1 is 1.05 bits per heavy atom. The molecular formula is C29H28ClN7O2S. The molecule has 0 unspecified atom stereocenters. The predicted molar refractivity (Wildman–Crippen MR) is 157 cm³/mol. The molecule has 11 heteroatoms. The molecule has 4 aromatic heterocycles. The van der Waals surface area contributed by atoms with Crippen molar-refractivity contribution in [2.75, 3.05) is 38.2 Å². The monoisotopic (exact) mass is 573 g/mol. The van der Waals surface area contributed by atoms with Crippen LogP contribution < -0.4 is 10.1 Å². The van der Waals surface area contributed by atoms with E-state index in [4.69, 9.17) is 26.2 Å². The van der Waals surface area contributed by atoms with Gasteiger partial charge in [-0.15, -0.1) is 11.3 Å². The summed E-state index contributed by atoms with van der Waals surface area (Å²) in [6, 6.07) is 11.4. The number of thiophene rings is 1. The van der Waals surface area contributed by atoms with Crippen LogP contribution in [0.15, 0.2) is 55.1 Å². The summed E-state index contributed by atoms with van der Waals surface area (Å²) in [5.74, 6) is 1.39. The van der Waals surface area contributed by atoms with Crippen LogP contribution in [0.1, 0.15) is 17.0 Å². The first-order valence-electron chi connectivity index (χ1n) is 13.4. The molecule has 1 N–H and O–H groups in total. The Hall–Kier alpha value is -3.57. The Labute approximate surface area is 240 Å². The molecule has 1 aliphatic carbocycles. The van der Waals surface area contributed by atoms with Gasteiger partial charge in [0.25, 0.3) is 0 Å². The number of pyridine rings is 1. The highest BCUT2D eigenvalue weighted by Gasteiger charge is 2.27. The van der Waals surface area contributed by atoms with Crippen LogP contribution in [0, 0.1) is 0 Å². The quantitative estimate of drug-likeness (QED) is 0.265. The molecule has 1 fully saturated rings. The third kappa shape index (κ3) is 5.03. The first-order valence-corrected chi connectivity index (χ1v) is 14.6. The van der Waals surface area contributed by atoms with Crippen LogP contribution in [-0.2, 0) is 30.7 Å². The van der Waals surface area contributed by atoms with E-state index >= 15 is 0 Å². The molecule has 0 spiro atoms. The van der Waals surface area contributed by atoms with Gasteiger partial charge in [-0.3, -0.25) is 14.6 Å². The maximum atomic E-state index is 6.57. The molecule has 9 nitrogen and oxygen atoms in total. The summed E-state index contributed by atoms with van der Waals surface area (Å²) in [4.78, 5) is 18.2. The Morgan fingerprint density at radius 2 is 1.98 bits per heavy atom. The predicted octanol–water partition coefficient (Wildman–Crippen LogP) is 5.36. The topological polar surface area (TPSA) is 90.2 Å². The fourth-order valence-electron chi connectivity index (χ4n) is 5.37. The van der Waals surface area contributed by atoms with Crippen LogP contribution in [0.25, 0.3) is 20.7 Å². The highest BCUT2D eigenvalue weighted by molar-refractivity contribution is 7.22. The van der Waals surface area contributed by atoms with E-state index in [9.17, 15) is 0 Å². The zero-order valence-electron chi connectivity index (χ0n) is 21.8. The molecule has 5 aromatic rings. The lowest BCUT2D eigenvalue weighted by Crippen LogP contribution is -2.38. The summed E-state index contributed by atoms with van der Waals surface area (Å²) >= 11 is 8.29. The number of benzene rings is 1. The van der Waals surface area contributed by atoms with Gasteiger partial charge in [0.2, 0.25) is 0 Å². The Kier molecular flexibility index (Phi) is 7.07. The van der Waals surface area contributed by atoms with Crippen molar-refractivity contribution in [2.45, 2.75) is 26.0 Å². The molecule has 0 saturated carbocycles. The minimum Gasteiger partial charge on any atom is -0.486 e. The van der Waals surface area contributed by atoms with Crippen molar-refractivity contribution in [3.63, 3.8) is 0 Å². The summed E-state index contributed by atoms with van der Waals surface area (Å²) in [5, 5.41) is 9.85. The molecule has 204 valence electrons. The van der Waals surface area contributed by atoms with E-state index in [0.29, 0.717) is 17.4 Å². The van der Waals surface area contributed by atoms with E-state index in [1.54, 1.807) is 23.9 Å². The third-order valence-corrected chi connectivity index (χ3v) is 8.89. The number of aryl methyl sites for hydroxylation is 1. The minimum atomic E-state index is 0.354. The van der Waals surface area contributed by atoms with Gasteiger partial charge >= 0.3 is 0 Å². The highest BCUT2D eigenvalue weighted by atomic mass is 35.5. The van der Waals surface area contributed by atoms with Crippen molar-refractivity contribution in [3.8, 4) is 16.2 Å². The molecule has 2 aliphatic rings. The van der Waals surface area contributed by atoms with Crippen molar-refractivity contribution in [1.82, 2.24) is 29.6 Å². The van der Waals surface area contributed by atoms with Gasteiger partial charge in [0.05, 0.1) is 42.1 Å². The standard InChI is InChI=1S/C29H28ClN7O2S/c30-23-15-19(4-7-25(23)39-17-20-3-1-2-8-31-20)35-28-26-21-5-6-24-22(27(21)40-29(26)33-18-32-28)16-34-37(24)10-9-36-11-13-38-14-12-36/h1-4,7-8,15-16,18H,5-6,9-14,17H2,(H,32,33,35). The summed E-state index contributed by atoms with van der Waals surface area (Å²) in [5.41, 5.74) is 5.49. The van der Waals surface area contributed by atoms with Crippen LogP contribution >= 0.6 is 22.9 Å². The average Bonchev–Trinajstić information content (AvgIpc) is 3.58. The van der Waals surface area contributed by atoms with E-state index in [-0.39, 0.29) is 0 Å². The summed E-state index contributed by atoms with van der Waals surface area (Å²) in [7, 11) is 0. The third-order valence-electron chi connectivity index (χ3n) is 7.42. The number of hydrogen-bond donors (Lipinski definition) is 1. The van der Waals surface area contributed by atoms with E-state index in [2.05, 4.69) is 29.9 Å². The second kappa shape index (κ2) is 11.1. The minimum absolute atomic E-state index is 0.354. The number of ether oxygens (including phenoxy) is 2. The maximum Gasteiger partial charge on any atom is 0.142 e. The van der Waals surface area contributed by atoms with Crippen LogP contribution in [0.5, 0.6) is 5.75 Å². The van der Waals surface area contributed by atoms with Crippen molar-refractivity contribution in [3.05, 3.63) is 77.1 Å². The Balaban J connectivity index is 1.11. The van der Waals surface area contributed by atoms with Gasteiger partial charge < -0.3 is 14.8 Å². The molecule has 0 atom stereocenters. The fourth-order valence-corrected chi connectivity index (χ4v) is 6.83. The second-order valence-electron chi connectivity index (χ2n) is 9.87. The van der Waals surface area contributed by atoms with Gasteiger partial charge in [-0.25, -0.2) is 9.97 Å². The molecule has 0 bridgehead atoms. The summed E-state index contributed by atoms with van der Waals surface area (Å²) in [6.45, 7) is 5.85. The van der Waals surface area contributed by atoms with Crippen molar-refractivity contribution >= 4 is 44.7 Å². The zero-order chi connectivity index (χ0) is 26.9. The number of morpholine rings is 1. The van der Waals surface area contributed by atoms with Crippen molar-refractivity contribution in [2.24, 2.45) is 0 Å². The van der Waals surface area contributed by atoms with Gasteiger partial charge in [0, 0.05) is 47.7 Å². The molecule has 40 heavy (non-hydrogen) atoms. The molecule has 1 aliphatic heterocycles. The molecule has 0 radical (unpaired) electrons. The van der Waals surface area contributed by atoms with Gasteiger partial charge in [0.15, 0.2) is 0 Å². The van der Waals surface area contributed by atoms with E-state index in [1.165, 1.54) is 21.7 Å². The van der Waals surface area contributed by atoms with Gasteiger partial charge in [-0.1, -0.05) is 17.7 Å². The zero-order valence-corrected chi connectivity index (χ0v) is 23.4. The average molecular weight is 574 g/mol. The number of fused-ring (bicyclic) bond motifs is 5. The Morgan fingerprint density at radius 3 is 2.83 bits per heavy atom. The Bertz CT molecular complexity index is 1650. The van der Waals surface area contributed by atoms with Crippen molar-refractivity contribution < 1.29 is 9.47 Å². The highest BCUT2D eigenvalue weighted by Crippen LogP contribution is 2.45. The fraction of sp³-hybridized carbons (Fsp3) is 0.310. The van der Waals surface area contributed by atoms with Gasteiger partial charge in [-0.2, -0.15) is 5.10 Å². The first kappa shape index (κ1) is 25.4. The number of nitrogens with zero attached hydrogens (tertiary/aromatic N) is 6. The molecule has 7 rings (SSSR count). The van der Waals surface area contributed by atoms with Gasteiger partial charge in [0.1, 0.15) is 29.3 Å². The van der Waals surface area contributed by atoms with E-state index < -0.39 is 0 Å². The molecule has 1 aromatic carbocycles. The maximum absolute atomic E-state index is 6.57. The number of hydrogen-bond acceptors (Lipinski definition) is 9. The van der Waals surface area contributed by atoms with Crippen LogP contribution in [0.3, 0.4) is 0 Å². The second-order valence-corrected chi connectivity index (χ2v) is 11.3. The van der Waals surface area contributed by atoms with E-state index in [0.717, 1.165) is 79.7 Å². The first-order chi connectivity index (χ1) is 19.7. The lowest BCUT2D eigenvalue weighted by molar-refractivity contribution is 0.0359. The molecule has 5 heterocycles.